The molecule has 0 saturated carbocycles. The molecule has 0 aliphatic carbocycles. The van der Waals surface area contributed by atoms with Gasteiger partial charge in [0.15, 0.2) is 5.78 Å². The monoisotopic (exact) mass is 345 g/mol. The molecule has 0 saturated heterocycles. The van der Waals surface area contributed by atoms with Gasteiger partial charge >= 0.3 is 0 Å². The molecule has 142 valence electrons. The Balaban J connectivity index is 2.79. The molecule has 0 heterocycles. The lowest BCUT2D eigenvalue weighted by Crippen LogP contribution is -2.34. The molecule has 1 unspecified atom stereocenters. The summed E-state index contributed by atoms with van der Waals surface area (Å²) < 4.78 is 0. The van der Waals surface area contributed by atoms with Crippen molar-refractivity contribution in [1.82, 2.24) is 4.90 Å². The highest BCUT2D eigenvalue weighted by Crippen LogP contribution is 2.24. The van der Waals surface area contributed by atoms with Crippen LogP contribution in [0.1, 0.15) is 96.2 Å². The molecule has 0 aromatic heterocycles. The summed E-state index contributed by atoms with van der Waals surface area (Å²) in [5, 5.41) is 0. The molecule has 0 spiro atoms. The molecule has 1 aromatic rings. The number of ketones is 1. The molecule has 0 aliphatic rings. The molecule has 0 N–H and O–H groups in total. The first-order chi connectivity index (χ1) is 12.1. The van der Waals surface area contributed by atoms with Gasteiger partial charge in [0.05, 0.1) is 6.04 Å². The predicted molar refractivity (Wildman–Crippen MR) is 109 cm³/mol. The summed E-state index contributed by atoms with van der Waals surface area (Å²) in [5.74, 6) is 0.267. The van der Waals surface area contributed by atoms with Crippen molar-refractivity contribution < 1.29 is 4.79 Å². The van der Waals surface area contributed by atoms with Gasteiger partial charge in [0, 0.05) is 0 Å². The highest BCUT2D eigenvalue weighted by Gasteiger charge is 2.23. The van der Waals surface area contributed by atoms with E-state index in [1.54, 1.807) is 6.92 Å². The maximum atomic E-state index is 12.4. The van der Waals surface area contributed by atoms with Crippen LogP contribution in [0.4, 0.5) is 0 Å². The Hall–Kier alpha value is -1.15. The number of hydrogen-bond acceptors (Lipinski definition) is 2. The normalized spacial score (nSPS) is 12.5. The van der Waals surface area contributed by atoms with Crippen LogP contribution >= 0.6 is 0 Å². The first-order valence-corrected chi connectivity index (χ1v) is 10.5. The van der Waals surface area contributed by atoms with E-state index in [1.807, 2.05) is 0 Å². The van der Waals surface area contributed by atoms with Crippen LogP contribution in [-0.2, 0) is 11.2 Å². The lowest BCUT2D eigenvalue weighted by molar-refractivity contribution is -0.122. The summed E-state index contributed by atoms with van der Waals surface area (Å²) in [7, 11) is 0. The van der Waals surface area contributed by atoms with Gasteiger partial charge in [0.2, 0.25) is 0 Å². The van der Waals surface area contributed by atoms with Crippen LogP contribution in [0.2, 0.25) is 0 Å². The van der Waals surface area contributed by atoms with E-state index in [0.29, 0.717) is 0 Å². The van der Waals surface area contributed by atoms with E-state index < -0.39 is 0 Å². The van der Waals surface area contributed by atoms with E-state index in [0.717, 1.165) is 37.9 Å². The fourth-order valence-electron chi connectivity index (χ4n) is 3.42. The summed E-state index contributed by atoms with van der Waals surface area (Å²) in [6, 6.07) is 8.76. The Bertz CT molecular complexity index is 457. The van der Waals surface area contributed by atoms with E-state index in [-0.39, 0.29) is 11.8 Å². The molecule has 0 fully saturated rings. The van der Waals surface area contributed by atoms with Crippen LogP contribution in [0.25, 0.3) is 0 Å². The lowest BCUT2D eigenvalue weighted by Gasteiger charge is -2.30. The van der Waals surface area contributed by atoms with Gasteiger partial charge in [-0.15, -0.1) is 0 Å². The van der Waals surface area contributed by atoms with Crippen molar-refractivity contribution in [2.24, 2.45) is 0 Å². The number of Topliss-reactive ketones (excluding diaryl/α,β-unsaturated/α-hetero) is 1. The smallest absolute Gasteiger partial charge is 0.151 e. The average molecular weight is 346 g/mol. The predicted octanol–water partition coefficient (Wildman–Crippen LogP) is 6.34. The molecule has 0 bridgehead atoms. The second-order valence-electron chi connectivity index (χ2n) is 7.31. The quantitative estimate of drug-likeness (QED) is 0.367. The average Bonchev–Trinajstić information content (AvgIpc) is 2.61. The van der Waals surface area contributed by atoms with E-state index >= 15 is 0 Å². The zero-order valence-electron chi connectivity index (χ0n) is 17.0. The van der Waals surface area contributed by atoms with Crippen molar-refractivity contribution in [3.05, 3.63) is 35.4 Å². The number of carbonyl (C=O) groups excluding carboxylic acids is 1. The van der Waals surface area contributed by atoms with Gasteiger partial charge in [-0.2, -0.15) is 0 Å². The minimum absolute atomic E-state index is 0.0766. The molecule has 2 heteroatoms. The molecular weight excluding hydrogens is 306 g/mol. The highest BCUT2D eigenvalue weighted by atomic mass is 16.1. The Morgan fingerprint density at radius 2 is 1.40 bits per heavy atom. The highest BCUT2D eigenvalue weighted by molar-refractivity contribution is 5.82. The number of aryl methyl sites for hydroxylation is 1. The fourth-order valence-corrected chi connectivity index (χ4v) is 3.42. The Morgan fingerprint density at radius 1 is 0.840 bits per heavy atom. The van der Waals surface area contributed by atoms with Gasteiger partial charge in [-0.05, 0) is 56.8 Å². The van der Waals surface area contributed by atoms with Crippen LogP contribution in [-0.4, -0.2) is 23.8 Å². The Labute approximate surface area is 156 Å². The van der Waals surface area contributed by atoms with Gasteiger partial charge in [0.25, 0.3) is 0 Å². The topological polar surface area (TPSA) is 20.3 Å². The third-order valence-corrected chi connectivity index (χ3v) is 4.96. The van der Waals surface area contributed by atoms with Crippen LogP contribution in [0.5, 0.6) is 0 Å². The number of rotatable bonds is 14. The van der Waals surface area contributed by atoms with Crippen molar-refractivity contribution in [2.75, 3.05) is 13.1 Å². The first-order valence-electron chi connectivity index (χ1n) is 10.5. The molecule has 25 heavy (non-hydrogen) atoms. The number of benzene rings is 1. The Morgan fingerprint density at radius 3 is 1.88 bits per heavy atom. The summed E-state index contributed by atoms with van der Waals surface area (Å²) in [6.07, 6.45) is 11.0. The number of nitrogens with zero attached hydrogens (tertiary/aromatic N) is 1. The molecule has 1 atom stereocenters. The zero-order valence-corrected chi connectivity index (χ0v) is 17.0. The molecule has 0 aliphatic heterocycles. The maximum Gasteiger partial charge on any atom is 0.151 e. The molecule has 0 radical (unpaired) electrons. The molecule has 1 rings (SSSR count). The summed E-state index contributed by atoms with van der Waals surface area (Å²) >= 11 is 0. The van der Waals surface area contributed by atoms with Crippen LogP contribution < -0.4 is 0 Å². The fraction of sp³-hybridized carbons (Fsp3) is 0.696. The van der Waals surface area contributed by atoms with Crippen molar-refractivity contribution in [3.8, 4) is 0 Å². The lowest BCUT2D eigenvalue weighted by atomic mass is 9.98. The third-order valence-electron chi connectivity index (χ3n) is 4.96. The maximum absolute atomic E-state index is 12.4. The standard InChI is InChI=1S/C23H39NO/c1-5-8-11-12-13-21-14-16-22(17-15-21)23(20(4)25)24(18-9-6-2)19-10-7-3/h14-17,23H,5-13,18-19H2,1-4H3. The van der Waals surface area contributed by atoms with Crippen molar-refractivity contribution in [2.45, 2.75) is 91.5 Å². The molecular formula is C23H39NO. The van der Waals surface area contributed by atoms with Gasteiger partial charge in [-0.25, -0.2) is 0 Å². The van der Waals surface area contributed by atoms with Gasteiger partial charge in [0.1, 0.15) is 0 Å². The minimum Gasteiger partial charge on any atom is -0.298 e. The van der Waals surface area contributed by atoms with Crippen LogP contribution in [0, 0.1) is 0 Å². The van der Waals surface area contributed by atoms with E-state index in [2.05, 4.69) is 49.9 Å². The largest absolute Gasteiger partial charge is 0.298 e. The number of hydrogen-bond donors (Lipinski definition) is 0. The van der Waals surface area contributed by atoms with Crippen LogP contribution in [0.3, 0.4) is 0 Å². The van der Waals surface area contributed by atoms with E-state index in [9.17, 15) is 4.79 Å². The number of unbranched alkanes of at least 4 members (excludes halogenated alkanes) is 5. The van der Waals surface area contributed by atoms with Gasteiger partial charge in [-0.3, -0.25) is 9.69 Å². The summed E-state index contributed by atoms with van der Waals surface area (Å²) in [6.45, 7) is 10.5. The minimum atomic E-state index is -0.0766. The van der Waals surface area contributed by atoms with Crippen molar-refractivity contribution in [3.63, 3.8) is 0 Å². The molecule has 2 nitrogen and oxygen atoms in total. The third kappa shape index (κ3) is 8.18. The SMILES string of the molecule is CCCCCCc1ccc(C(C(C)=O)N(CCCC)CCCC)cc1. The van der Waals surface area contributed by atoms with Crippen LogP contribution in [0.15, 0.2) is 24.3 Å². The van der Waals surface area contributed by atoms with E-state index in [4.69, 9.17) is 0 Å². The molecule has 0 amide bonds. The second-order valence-corrected chi connectivity index (χ2v) is 7.31. The van der Waals surface area contributed by atoms with Gasteiger partial charge in [-0.1, -0.05) is 77.1 Å². The first kappa shape index (κ1) is 21.9. The second kappa shape index (κ2) is 13.1. The Kier molecular flexibility index (Phi) is 11.5. The van der Waals surface area contributed by atoms with E-state index in [1.165, 1.54) is 44.1 Å². The van der Waals surface area contributed by atoms with Crippen molar-refractivity contribution in [1.29, 1.82) is 0 Å². The molecule has 1 aromatic carbocycles. The van der Waals surface area contributed by atoms with Gasteiger partial charge < -0.3 is 0 Å². The zero-order chi connectivity index (χ0) is 18.5. The van der Waals surface area contributed by atoms with Crippen molar-refractivity contribution >= 4 is 5.78 Å². The summed E-state index contributed by atoms with van der Waals surface area (Å²) in [5.41, 5.74) is 2.56. The summed E-state index contributed by atoms with van der Waals surface area (Å²) in [4.78, 5) is 14.8. The number of carbonyl (C=O) groups is 1.